The van der Waals surface area contributed by atoms with Crippen molar-refractivity contribution < 1.29 is 24.2 Å². The molecule has 0 aliphatic heterocycles. The van der Waals surface area contributed by atoms with E-state index in [-0.39, 0.29) is 25.2 Å². The van der Waals surface area contributed by atoms with Gasteiger partial charge in [-0.25, -0.2) is 0 Å². The first kappa shape index (κ1) is 53.9. The first-order valence-electron chi connectivity index (χ1n) is 24.2. The van der Waals surface area contributed by atoms with Gasteiger partial charge in [0, 0.05) is 12.8 Å². The Labute approximate surface area is 348 Å². The highest BCUT2D eigenvalue weighted by Gasteiger charge is 2.16. The van der Waals surface area contributed by atoms with Gasteiger partial charge in [0.2, 0.25) is 0 Å². The third-order valence-electron chi connectivity index (χ3n) is 10.6. The van der Waals surface area contributed by atoms with Crippen molar-refractivity contribution in [1.82, 2.24) is 0 Å². The summed E-state index contributed by atoms with van der Waals surface area (Å²) >= 11 is 0. The molecule has 0 saturated heterocycles. The van der Waals surface area contributed by atoms with Gasteiger partial charge in [-0.05, 0) is 77.0 Å². The van der Waals surface area contributed by atoms with Crippen LogP contribution >= 0.6 is 0 Å². The summed E-state index contributed by atoms with van der Waals surface area (Å²) < 4.78 is 10.7. The van der Waals surface area contributed by atoms with Gasteiger partial charge in [0.05, 0.1) is 6.61 Å². The lowest BCUT2D eigenvalue weighted by Crippen LogP contribution is -2.28. The summed E-state index contributed by atoms with van der Waals surface area (Å²) in [5.41, 5.74) is 0. The topological polar surface area (TPSA) is 72.8 Å². The highest BCUT2D eigenvalue weighted by molar-refractivity contribution is 5.70. The molecule has 0 heterocycles. The van der Waals surface area contributed by atoms with E-state index >= 15 is 0 Å². The highest BCUT2D eigenvalue weighted by atomic mass is 16.6. The fourth-order valence-corrected chi connectivity index (χ4v) is 6.91. The summed E-state index contributed by atoms with van der Waals surface area (Å²) in [6.07, 6.45) is 60.5. The van der Waals surface area contributed by atoms with Crippen LogP contribution in [-0.4, -0.2) is 36.4 Å². The van der Waals surface area contributed by atoms with Gasteiger partial charge in [-0.3, -0.25) is 9.59 Å². The lowest BCUT2D eigenvalue weighted by molar-refractivity contribution is -0.161. The molecule has 0 spiro atoms. The molecule has 5 heteroatoms. The number of ether oxygens (including phenoxy) is 2. The van der Waals surface area contributed by atoms with E-state index in [1.54, 1.807) is 0 Å². The normalized spacial score (nSPS) is 12.6. The Morgan fingerprint density at radius 3 is 1.09 bits per heavy atom. The van der Waals surface area contributed by atoms with Crippen molar-refractivity contribution in [3.63, 3.8) is 0 Å². The van der Waals surface area contributed by atoms with Gasteiger partial charge in [0.1, 0.15) is 6.61 Å². The number of hydrogen-bond donors (Lipinski definition) is 1. The third kappa shape index (κ3) is 44.6. The van der Waals surface area contributed by atoms with Gasteiger partial charge in [-0.1, -0.05) is 204 Å². The average Bonchev–Trinajstić information content (AvgIpc) is 3.20. The van der Waals surface area contributed by atoms with E-state index in [1.807, 2.05) is 0 Å². The zero-order valence-corrected chi connectivity index (χ0v) is 37.1. The van der Waals surface area contributed by atoms with Crippen molar-refractivity contribution >= 4 is 11.9 Å². The zero-order chi connectivity index (χ0) is 40.7. The monoisotopic (exact) mass is 785 g/mol. The first-order valence-corrected chi connectivity index (χ1v) is 24.2. The highest BCUT2D eigenvalue weighted by Crippen LogP contribution is 2.14. The van der Waals surface area contributed by atoms with Crippen LogP contribution in [0, 0.1) is 0 Å². The molecular weight excluding hydrogens is 693 g/mol. The molecule has 5 nitrogen and oxygen atoms in total. The zero-order valence-electron chi connectivity index (χ0n) is 37.1. The van der Waals surface area contributed by atoms with E-state index < -0.39 is 6.10 Å². The Morgan fingerprint density at radius 2 is 0.714 bits per heavy atom. The minimum atomic E-state index is -0.776. The van der Waals surface area contributed by atoms with Crippen molar-refractivity contribution in [2.75, 3.05) is 13.2 Å². The van der Waals surface area contributed by atoms with Crippen LogP contribution in [0.4, 0.5) is 0 Å². The molecule has 1 N–H and O–H groups in total. The van der Waals surface area contributed by atoms with Crippen molar-refractivity contribution in [1.29, 1.82) is 0 Å². The number of aliphatic hydroxyl groups is 1. The largest absolute Gasteiger partial charge is 0.462 e. The third-order valence-corrected chi connectivity index (χ3v) is 10.6. The lowest BCUT2D eigenvalue weighted by atomic mass is 10.0. The smallest absolute Gasteiger partial charge is 0.306 e. The molecule has 0 aromatic rings. The molecule has 326 valence electrons. The quantitative estimate of drug-likeness (QED) is 0.0378. The van der Waals surface area contributed by atoms with E-state index in [2.05, 4.69) is 62.5 Å². The Bertz CT molecular complexity index is 935. The number of allylic oxidation sites excluding steroid dienone is 8. The van der Waals surface area contributed by atoms with Crippen LogP contribution in [0.25, 0.3) is 0 Å². The number of esters is 2. The maximum Gasteiger partial charge on any atom is 0.306 e. The fourth-order valence-electron chi connectivity index (χ4n) is 6.91. The summed E-state index contributed by atoms with van der Waals surface area (Å²) in [6, 6.07) is 0. The maximum atomic E-state index is 12.2. The van der Waals surface area contributed by atoms with Crippen molar-refractivity contribution in [3.05, 3.63) is 48.6 Å². The van der Waals surface area contributed by atoms with Crippen LogP contribution in [0.5, 0.6) is 0 Å². The molecule has 1 atom stereocenters. The number of carbonyl (C=O) groups excluding carboxylic acids is 2. The molecule has 0 radical (unpaired) electrons. The van der Waals surface area contributed by atoms with E-state index in [1.165, 1.54) is 167 Å². The molecule has 0 aromatic carbocycles. The van der Waals surface area contributed by atoms with Crippen LogP contribution in [0.15, 0.2) is 48.6 Å². The number of aliphatic hydroxyl groups excluding tert-OH is 1. The van der Waals surface area contributed by atoms with E-state index in [0.717, 1.165) is 51.4 Å². The SMILES string of the molecule is CCCCCCC/C=C\C/C=C\C/C=C\CCCCCCCCCCCCC(=O)OC(CO)COC(=O)CCCCCCCCC/C=C\CCCCCCCC. The molecular formula is C51H92O5. The minimum absolute atomic E-state index is 0.0690. The number of unbranched alkanes of at least 4 members (excludes halogenated alkanes) is 28. The maximum absolute atomic E-state index is 12.2. The minimum Gasteiger partial charge on any atom is -0.462 e. The molecule has 56 heavy (non-hydrogen) atoms. The van der Waals surface area contributed by atoms with Gasteiger partial charge < -0.3 is 14.6 Å². The number of rotatable bonds is 44. The predicted molar refractivity (Wildman–Crippen MR) is 242 cm³/mol. The van der Waals surface area contributed by atoms with E-state index in [9.17, 15) is 14.7 Å². The molecule has 0 amide bonds. The van der Waals surface area contributed by atoms with Crippen molar-refractivity contribution in [2.24, 2.45) is 0 Å². The Balaban J connectivity index is 3.52. The molecule has 0 aliphatic rings. The predicted octanol–water partition coefficient (Wildman–Crippen LogP) is 15.7. The first-order chi connectivity index (χ1) is 27.6. The molecule has 0 saturated carbocycles. The summed E-state index contributed by atoms with van der Waals surface area (Å²) in [5, 5.41) is 9.61. The molecule has 1 unspecified atom stereocenters. The standard InChI is InChI=1S/C51H92O5/c1-3-5-7-9-11-13-15-17-19-21-22-23-24-25-26-27-28-30-32-34-36-38-40-42-44-46-51(54)56-49(47-52)48-55-50(53)45-43-41-39-37-35-33-31-29-20-18-16-14-12-10-8-6-4-2/h15,17-18,20-22,24-25,49,52H,3-14,16,19,23,26-48H2,1-2H3/b17-15-,20-18-,22-21-,25-24-. The van der Waals surface area contributed by atoms with Gasteiger partial charge in [-0.15, -0.1) is 0 Å². The van der Waals surface area contributed by atoms with Gasteiger partial charge in [0.15, 0.2) is 6.10 Å². The van der Waals surface area contributed by atoms with Crippen LogP contribution in [-0.2, 0) is 19.1 Å². The van der Waals surface area contributed by atoms with Crippen LogP contribution in [0.2, 0.25) is 0 Å². The van der Waals surface area contributed by atoms with Gasteiger partial charge in [0.25, 0.3) is 0 Å². The molecule has 0 aliphatic carbocycles. The Kier molecular flexibility index (Phi) is 45.4. The second kappa shape index (κ2) is 47.2. The molecule has 0 aromatic heterocycles. The van der Waals surface area contributed by atoms with Gasteiger partial charge in [-0.2, -0.15) is 0 Å². The molecule has 0 rings (SSSR count). The van der Waals surface area contributed by atoms with Crippen LogP contribution in [0.3, 0.4) is 0 Å². The van der Waals surface area contributed by atoms with Crippen LogP contribution < -0.4 is 0 Å². The summed E-state index contributed by atoms with van der Waals surface area (Å²) in [4.78, 5) is 24.4. The second-order valence-electron chi connectivity index (χ2n) is 16.2. The number of carbonyl (C=O) groups is 2. The van der Waals surface area contributed by atoms with Gasteiger partial charge >= 0.3 is 11.9 Å². The summed E-state index contributed by atoms with van der Waals surface area (Å²) in [6.45, 7) is 4.13. The van der Waals surface area contributed by atoms with Crippen LogP contribution in [0.1, 0.15) is 245 Å². The Hall–Kier alpha value is -2.14. The Morgan fingerprint density at radius 1 is 0.411 bits per heavy atom. The van der Waals surface area contributed by atoms with Crippen molar-refractivity contribution in [3.8, 4) is 0 Å². The molecule has 0 fully saturated rings. The second-order valence-corrected chi connectivity index (χ2v) is 16.2. The average molecular weight is 785 g/mol. The lowest BCUT2D eigenvalue weighted by Gasteiger charge is -2.15. The van der Waals surface area contributed by atoms with Crippen molar-refractivity contribution in [2.45, 2.75) is 251 Å². The van der Waals surface area contributed by atoms with E-state index in [0.29, 0.717) is 12.8 Å². The summed E-state index contributed by atoms with van der Waals surface area (Å²) in [5.74, 6) is -0.595. The molecule has 0 bridgehead atoms. The summed E-state index contributed by atoms with van der Waals surface area (Å²) in [7, 11) is 0. The number of hydrogen-bond acceptors (Lipinski definition) is 5. The van der Waals surface area contributed by atoms with E-state index in [4.69, 9.17) is 9.47 Å². The fraction of sp³-hybridized carbons (Fsp3) is 0.804.